The number of fused-ring (bicyclic) bond motifs is 2. The zero-order valence-electron chi connectivity index (χ0n) is 9.57. The summed E-state index contributed by atoms with van der Waals surface area (Å²) < 4.78 is 1.16. The number of hydrogen-bond acceptors (Lipinski definition) is 4. The van der Waals surface area contributed by atoms with E-state index < -0.39 is 11.5 Å². The topological polar surface area (TPSA) is 91.9 Å². The van der Waals surface area contributed by atoms with Crippen LogP contribution in [0.3, 0.4) is 0 Å². The highest BCUT2D eigenvalue weighted by atomic mass is 16.4. The molecule has 6 nitrogen and oxygen atoms in total. The Balaban J connectivity index is 2.57. The number of benzene rings is 1. The predicted molar refractivity (Wildman–Crippen MR) is 67.6 cm³/mol. The molecule has 0 aliphatic heterocycles. The van der Waals surface area contributed by atoms with Crippen molar-refractivity contribution >= 4 is 22.5 Å². The summed E-state index contributed by atoms with van der Waals surface area (Å²) in [4.78, 5) is 27.5. The molecular formula is C13H8N2O4. The van der Waals surface area contributed by atoms with Crippen LogP contribution in [0.2, 0.25) is 0 Å². The minimum atomic E-state index is -1.15. The molecule has 19 heavy (non-hydrogen) atoms. The first-order valence-corrected chi connectivity index (χ1v) is 5.45. The number of aromatic carboxylic acids is 1. The van der Waals surface area contributed by atoms with Gasteiger partial charge in [0.25, 0.3) is 5.56 Å². The van der Waals surface area contributed by atoms with Gasteiger partial charge < -0.3 is 10.2 Å². The Hall–Kier alpha value is -2.89. The van der Waals surface area contributed by atoms with E-state index in [0.717, 1.165) is 4.40 Å². The van der Waals surface area contributed by atoms with Gasteiger partial charge in [-0.1, -0.05) is 0 Å². The summed E-state index contributed by atoms with van der Waals surface area (Å²) in [5.74, 6) is -1.19. The Labute approximate surface area is 106 Å². The van der Waals surface area contributed by atoms with Gasteiger partial charge in [0, 0.05) is 6.20 Å². The van der Waals surface area contributed by atoms with Crippen molar-refractivity contribution in [3.05, 3.63) is 52.4 Å². The van der Waals surface area contributed by atoms with Crippen LogP contribution in [0.25, 0.3) is 16.6 Å². The van der Waals surface area contributed by atoms with E-state index in [2.05, 4.69) is 4.98 Å². The Morgan fingerprint density at radius 2 is 2.05 bits per heavy atom. The van der Waals surface area contributed by atoms with E-state index >= 15 is 0 Å². The first-order valence-electron chi connectivity index (χ1n) is 5.45. The summed E-state index contributed by atoms with van der Waals surface area (Å²) in [5.41, 5.74) is -0.0386. The average Bonchev–Trinajstić information content (AvgIpc) is 2.39. The second-order valence-corrected chi connectivity index (χ2v) is 4.04. The van der Waals surface area contributed by atoms with E-state index in [1.54, 1.807) is 0 Å². The van der Waals surface area contributed by atoms with Crippen molar-refractivity contribution in [2.24, 2.45) is 0 Å². The van der Waals surface area contributed by atoms with Gasteiger partial charge in [-0.25, -0.2) is 9.78 Å². The molecule has 3 aromatic rings. The van der Waals surface area contributed by atoms with Crippen LogP contribution in [0.5, 0.6) is 5.75 Å². The fourth-order valence-corrected chi connectivity index (χ4v) is 1.98. The van der Waals surface area contributed by atoms with Crippen molar-refractivity contribution in [2.75, 3.05) is 0 Å². The number of phenols is 1. The van der Waals surface area contributed by atoms with Gasteiger partial charge >= 0.3 is 5.97 Å². The fraction of sp³-hybridized carbons (Fsp3) is 0. The Bertz CT molecular complexity index is 883. The van der Waals surface area contributed by atoms with Crippen LogP contribution in [-0.2, 0) is 0 Å². The summed E-state index contributed by atoms with van der Waals surface area (Å²) in [7, 11) is 0. The molecule has 0 unspecified atom stereocenters. The molecule has 0 amide bonds. The maximum Gasteiger partial charge on any atom is 0.339 e. The monoisotopic (exact) mass is 256 g/mol. The third-order valence-corrected chi connectivity index (χ3v) is 2.85. The smallest absolute Gasteiger partial charge is 0.339 e. The lowest BCUT2D eigenvalue weighted by molar-refractivity contribution is 0.0698. The summed E-state index contributed by atoms with van der Waals surface area (Å²) in [6.07, 6.45) is 1.45. The van der Waals surface area contributed by atoms with E-state index in [9.17, 15) is 14.7 Å². The fourth-order valence-electron chi connectivity index (χ4n) is 1.98. The third kappa shape index (κ3) is 1.61. The Morgan fingerprint density at radius 3 is 2.79 bits per heavy atom. The lowest BCUT2D eigenvalue weighted by Crippen LogP contribution is -2.17. The number of rotatable bonds is 1. The van der Waals surface area contributed by atoms with Crippen LogP contribution in [0.1, 0.15) is 10.4 Å². The summed E-state index contributed by atoms with van der Waals surface area (Å²) in [6, 6.07) is 7.04. The Kier molecular flexibility index (Phi) is 2.25. The Morgan fingerprint density at radius 1 is 1.26 bits per heavy atom. The standard InChI is InChI=1S/C13H8N2O4/c16-7-3-4-10-9(6-7)12(17)15-5-1-2-8(13(18)19)11(15)14-10/h1-6,16H,(H,18,19). The van der Waals surface area contributed by atoms with E-state index in [0.29, 0.717) is 5.52 Å². The molecule has 0 saturated heterocycles. The number of phenolic OH excluding ortho intramolecular Hbond substituents is 1. The van der Waals surface area contributed by atoms with E-state index in [1.165, 1.54) is 36.5 Å². The zero-order valence-corrected chi connectivity index (χ0v) is 9.57. The molecule has 0 aliphatic rings. The maximum atomic E-state index is 12.2. The van der Waals surface area contributed by atoms with Crippen LogP contribution >= 0.6 is 0 Å². The molecular weight excluding hydrogens is 248 g/mol. The molecule has 0 spiro atoms. The van der Waals surface area contributed by atoms with Crippen LogP contribution in [-0.4, -0.2) is 25.6 Å². The molecule has 1 aromatic carbocycles. The van der Waals surface area contributed by atoms with Crippen molar-refractivity contribution in [1.29, 1.82) is 0 Å². The molecule has 2 aromatic heterocycles. The molecule has 0 saturated carbocycles. The van der Waals surface area contributed by atoms with Crippen molar-refractivity contribution in [3.63, 3.8) is 0 Å². The van der Waals surface area contributed by atoms with Crippen LogP contribution in [0, 0.1) is 0 Å². The van der Waals surface area contributed by atoms with Gasteiger partial charge in [0.15, 0.2) is 5.65 Å². The number of carboxylic acid groups (broad SMARTS) is 1. The zero-order chi connectivity index (χ0) is 13.6. The van der Waals surface area contributed by atoms with Crippen molar-refractivity contribution < 1.29 is 15.0 Å². The molecule has 6 heteroatoms. The third-order valence-electron chi connectivity index (χ3n) is 2.85. The van der Waals surface area contributed by atoms with E-state index in [1.807, 2.05) is 0 Å². The van der Waals surface area contributed by atoms with Gasteiger partial charge in [-0.15, -0.1) is 0 Å². The maximum absolute atomic E-state index is 12.2. The molecule has 3 rings (SSSR count). The SMILES string of the molecule is O=C(O)c1cccn2c(=O)c3cc(O)ccc3nc12. The summed E-state index contributed by atoms with van der Waals surface area (Å²) in [5, 5.41) is 18.7. The summed E-state index contributed by atoms with van der Waals surface area (Å²) in [6.45, 7) is 0. The highest BCUT2D eigenvalue weighted by Crippen LogP contribution is 2.17. The van der Waals surface area contributed by atoms with Gasteiger partial charge in [0.1, 0.15) is 11.3 Å². The van der Waals surface area contributed by atoms with Crippen molar-refractivity contribution in [3.8, 4) is 5.75 Å². The number of nitrogens with zero attached hydrogens (tertiary/aromatic N) is 2. The van der Waals surface area contributed by atoms with E-state index in [4.69, 9.17) is 5.11 Å². The molecule has 0 fully saturated rings. The van der Waals surface area contributed by atoms with Gasteiger partial charge in [-0.05, 0) is 30.3 Å². The van der Waals surface area contributed by atoms with Crippen molar-refractivity contribution in [1.82, 2.24) is 9.38 Å². The second-order valence-electron chi connectivity index (χ2n) is 4.04. The minimum absolute atomic E-state index is 0.0410. The molecule has 94 valence electrons. The van der Waals surface area contributed by atoms with E-state index in [-0.39, 0.29) is 22.3 Å². The van der Waals surface area contributed by atoms with Gasteiger partial charge in [0.05, 0.1) is 10.9 Å². The molecule has 2 N–H and O–H groups in total. The molecule has 0 aliphatic carbocycles. The summed E-state index contributed by atoms with van der Waals surface area (Å²) >= 11 is 0. The average molecular weight is 256 g/mol. The first-order chi connectivity index (χ1) is 9.08. The highest BCUT2D eigenvalue weighted by molar-refractivity contribution is 5.95. The predicted octanol–water partition coefficient (Wildman–Crippen LogP) is 1.25. The number of hydrogen-bond donors (Lipinski definition) is 2. The second kappa shape index (κ2) is 3.81. The molecule has 2 heterocycles. The molecule has 0 atom stereocenters. The van der Waals surface area contributed by atoms with Gasteiger partial charge in [-0.2, -0.15) is 0 Å². The number of aromatic nitrogens is 2. The lowest BCUT2D eigenvalue weighted by atomic mass is 10.2. The highest BCUT2D eigenvalue weighted by Gasteiger charge is 2.13. The van der Waals surface area contributed by atoms with Gasteiger partial charge in [0.2, 0.25) is 0 Å². The van der Waals surface area contributed by atoms with Crippen LogP contribution < -0.4 is 5.56 Å². The number of aromatic hydroxyl groups is 1. The largest absolute Gasteiger partial charge is 0.508 e. The van der Waals surface area contributed by atoms with Crippen LogP contribution in [0.4, 0.5) is 0 Å². The van der Waals surface area contributed by atoms with Crippen LogP contribution in [0.15, 0.2) is 41.3 Å². The molecule has 0 radical (unpaired) electrons. The lowest BCUT2D eigenvalue weighted by Gasteiger charge is -2.05. The minimum Gasteiger partial charge on any atom is -0.508 e. The first kappa shape index (κ1) is 11.2. The molecule has 0 bridgehead atoms. The quantitative estimate of drug-likeness (QED) is 0.639. The number of carboxylic acids is 1. The number of carbonyl (C=O) groups is 1. The normalized spacial score (nSPS) is 10.9. The van der Waals surface area contributed by atoms with Gasteiger partial charge in [-0.3, -0.25) is 9.20 Å². The van der Waals surface area contributed by atoms with Crippen molar-refractivity contribution in [2.45, 2.75) is 0 Å². The number of pyridine rings is 1.